The number of piperazine rings is 1. The number of anilines is 1. The molecular formula is C13H17F3N4O. The van der Waals surface area contributed by atoms with E-state index >= 15 is 0 Å². The van der Waals surface area contributed by atoms with E-state index in [0.717, 1.165) is 25.2 Å². The average molecular weight is 302 g/mol. The van der Waals surface area contributed by atoms with Crippen LogP contribution in [-0.4, -0.2) is 49.2 Å². The second kappa shape index (κ2) is 6.31. The zero-order valence-corrected chi connectivity index (χ0v) is 11.6. The Kier molecular flexibility index (Phi) is 4.69. The first-order valence-electron chi connectivity index (χ1n) is 6.53. The number of halogens is 3. The average Bonchev–Trinajstić information content (AvgIpc) is 2.41. The molecule has 1 aliphatic heterocycles. The van der Waals surface area contributed by atoms with Crippen LogP contribution in [0.5, 0.6) is 0 Å². The van der Waals surface area contributed by atoms with Crippen LogP contribution in [0.4, 0.5) is 23.7 Å². The van der Waals surface area contributed by atoms with E-state index in [1.807, 2.05) is 7.05 Å². The van der Waals surface area contributed by atoms with Crippen molar-refractivity contribution in [2.75, 3.05) is 38.5 Å². The Labute approximate surface area is 120 Å². The molecule has 2 rings (SSSR count). The molecule has 8 heteroatoms. The maximum Gasteiger partial charge on any atom is 0.416 e. The van der Waals surface area contributed by atoms with Crippen LogP contribution in [0.15, 0.2) is 24.3 Å². The molecule has 0 bridgehead atoms. The Balaban J connectivity index is 1.91. The quantitative estimate of drug-likeness (QED) is 0.878. The van der Waals surface area contributed by atoms with E-state index in [0.29, 0.717) is 13.1 Å². The second-order valence-electron chi connectivity index (χ2n) is 4.93. The highest BCUT2D eigenvalue weighted by atomic mass is 19.4. The summed E-state index contributed by atoms with van der Waals surface area (Å²) in [6, 6.07) is 4.00. The van der Waals surface area contributed by atoms with E-state index in [9.17, 15) is 18.0 Å². The predicted molar refractivity (Wildman–Crippen MR) is 72.7 cm³/mol. The number of hydrazine groups is 1. The Bertz CT molecular complexity index is 498. The van der Waals surface area contributed by atoms with Crippen LogP contribution >= 0.6 is 0 Å². The van der Waals surface area contributed by atoms with Crippen molar-refractivity contribution >= 4 is 11.7 Å². The number of nitrogens with one attached hydrogen (secondary N) is 2. The molecule has 0 atom stereocenters. The molecule has 5 nitrogen and oxygen atoms in total. The van der Waals surface area contributed by atoms with E-state index in [2.05, 4.69) is 15.6 Å². The van der Waals surface area contributed by atoms with Gasteiger partial charge in [-0.1, -0.05) is 6.07 Å². The van der Waals surface area contributed by atoms with Gasteiger partial charge in [0.05, 0.1) is 5.56 Å². The van der Waals surface area contributed by atoms with Crippen LogP contribution in [-0.2, 0) is 6.18 Å². The van der Waals surface area contributed by atoms with Gasteiger partial charge in [-0.05, 0) is 25.2 Å². The molecule has 1 fully saturated rings. The Morgan fingerprint density at radius 2 is 1.86 bits per heavy atom. The van der Waals surface area contributed by atoms with Crippen LogP contribution in [0.25, 0.3) is 0 Å². The number of amides is 2. The number of benzene rings is 1. The molecular weight excluding hydrogens is 285 g/mol. The lowest BCUT2D eigenvalue weighted by Crippen LogP contribution is -2.53. The minimum atomic E-state index is -4.42. The lowest BCUT2D eigenvalue weighted by Gasteiger charge is -2.32. The normalized spacial score (nSPS) is 17.5. The molecule has 1 aromatic rings. The third kappa shape index (κ3) is 4.61. The first kappa shape index (κ1) is 15.6. The standard InChI is InChI=1S/C13H17F3N4O/c1-19-5-7-20(8-6-19)18-12(21)17-11-4-2-3-10(9-11)13(14,15)16/h2-4,9H,5-8H2,1H3,(H2,17,18,21). The molecule has 0 spiro atoms. The number of rotatable bonds is 2. The summed E-state index contributed by atoms with van der Waals surface area (Å²) >= 11 is 0. The fourth-order valence-electron chi connectivity index (χ4n) is 1.99. The summed E-state index contributed by atoms with van der Waals surface area (Å²) in [7, 11) is 1.99. The van der Waals surface area contributed by atoms with Gasteiger partial charge < -0.3 is 10.2 Å². The van der Waals surface area contributed by atoms with E-state index < -0.39 is 17.8 Å². The van der Waals surface area contributed by atoms with Gasteiger partial charge in [-0.2, -0.15) is 13.2 Å². The molecule has 1 saturated heterocycles. The molecule has 1 heterocycles. The van der Waals surface area contributed by atoms with Crippen molar-refractivity contribution in [1.82, 2.24) is 15.3 Å². The molecule has 0 unspecified atom stereocenters. The number of hydrogen-bond donors (Lipinski definition) is 2. The van der Waals surface area contributed by atoms with E-state index in [-0.39, 0.29) is 5.69 Å². The summed E-state index contributed by atoms with van der Waals surface area (Å²) in [4.78, 5) is 13.9. The molecule has 1 aliphatic rings. The highest BCUT2D eigenvalue weighted by Gasteiger charge is 2.30. The van der Waals surface area contributed by atoms with Crippen molar-refractivity contribution in [3.8, 4) is 0 Å². The van der Waals surface area contributed by atoms with Crippen LogP contribution < -0.4 is 10.7 Å². The summed E-state index contributed by atoms with van der Waals surface area (Å²) in [5.74, 6) is 0. The molecule has 21 heavy (non-hydrogen) atoms. The van der Waals surface area contributed by atoms with Crippen molar-refractivity contribution < 1.29 is 18.0 Å². The fourth-order valence-corrected chi connectivity index (χ4v) is 1.99. The van der Waals surface area contributed by atoms with Gasteiger partial charge in [0.15, 0.2) is 0 Å². The SMILES string of the molecule is CN1CCN(NC(=O)Nc2cccc(C(F)(F)F)c2)CC1. The first-order chi connectivity index (χ1) is 9.84. The first-order valence-corrected chi connectivity index (χ1v) is 6.53. The van der Waals surface area contributed by atoms with Crippen LogP contribution in [0.1, 0.15) is 5.56 Å². The Hall–Kier alpha value is -1.80. The van der Waals surface area contributed by atoms with Gasteiger partial charge >= 0.3 is 12.2 Å². The molecule has 0 saturated carbocycles. The second-order valence-corrected chi connectivity index (χ2v) is 4.93. The highest BCUT2D eigenvalue weighted by molar-refractivity contribution is 5.88. The number of carbonyl (C=O) groups excluding carboxylic acids is 1. The smallest absolute Gasteiger partial charge is 0.307 e. The largest absolute Gasteiger partial charge is 0.416 e. The third-order valence-electron chi connectivity index (χ3n) is 3.21. The van der Waals surface area contributed by atoms with Gasteiger partial charge in [0, 0.05) is 31.9 Å². The van der Waals surface area contributed by atoms with Gasteiger partial charge in [-0.3, -0.25) is 5.43 Å². The third-order valence-corrected chi connectivity index (χ3v) is 3.21. The molecule has 0 aliphatic carbocycles. The molecule has 1 aromatic carbocycles. The summed E-state index contributed by atoms with van der Waals surface area (Å²) in [6.45, 7) is 2.99. The number of likely N-dealkylation sites (N-methyl/N-ethyl adjacent to an activating group) is 1. The summed E-state index contributed by atoms with van der Waals surface area (Å²) in [5.41, 5.74) is 1.94. The molecule has 0 aromatic heterocycles. The predicted octanol–water partition coefficient (Wildman–Crippen LogP) is 1.99. The Morgan fingerprint density at radius 3 is 2.48 bits per heavy atom. The van der Waals surface area contributed by atoms with E-state index in [4.69, 9.17) is 0 Å². The van der Waals surface area contributed by atoms with Gasteiger partial charge in [-0.15, -0.1) is 0 Å². The van der Waals surface area contributed by atoms with E-state index in [1.54, 1.807) is 5.01 Å². The highest BCUT2D eigenvalue weighted by Crippen LogP contribution is 2.30. The van der Waals surface area contributed by atoms with Crippen molar-refractivity contribution in [2.45, 2.75) is 6.18 Å². The van der Waals surface area contributed by atoms with Crippen LogP contribution in [0.2, 0.25) is 0 Å². The molecule has 116 valence electrons. The lowest BCUT2D eigenvalue weighted by molar-refractivity contribution is -0.137. The van der Waals surface area contributed by atoms with Crippen molar-refractivity contribution in [2.24, 2.45) is 0 Å². The summed E-state index contributed by atoms with van der Waals surface area (Å²) < 4.78 is 37.7. The molecule has 2 N–H and O–H groups in total. The van der Waals surface area contributed by atoms with Gasteiger partial charge in [0.1, 0.15) is 0 Å². The van der Waals surface area contributed by atoms with E-state index in [1.165, 1.54) is 12.1 Å². The van der Waals surface area contributed by atoms with Gasteiger partial charge in [0.2, 0.25) is 0 Å². The van der Waals surface area contributed by atoms with Crippen molar-refractivity contribution in [3.63, 3.8) is 0 Å². The Morgan fingerprint density at radius 1 is 1.19 bits per heavy atom. The monoisotopic (exact) mass is 302 g/mol. The number of urea groups is 1. The molecule has 0 radical (unpaired) electrons. The number of hydrogen-bond acceptors (Lipinski definition) is 3. The van der Waals surface area contributed by atoms with Crippen molar-refractivity contribution in [1.29, 1.82) is 0 Å². The van der Waals surface area contributed by atoms with Gasteiger partial charge in [0.25, 0.3) is 0 Å². The zero-order valence-electron chi connectivity index (χ0n) is 11.6. The maximum absolute atomic E-state index is 12.6. The summed E-state index contributed by atoms with van der Waals surface area (Å²) in [5, 5.41) is 4.15. The number of alkyl halides is 3. The fraction of sp³-hybridized carbons (Fsp3) is 0.462. The van der Waals surface area contributed by atoms with Crippen LogP contribution in [0, 0.1) is 0 Å². The summed E-state index contributed by atoms with van der Waals surface area (Å²) in [6.07, 6.45) is -4.42. The minimum absolute atomic E-state index is 0.108. The maximum atomic E-state index is 12.6. The van der Waals surface area contributed by atoms with Crippen LogP contribution in [0.3, 0.4) is 0 Å². The van der Waals surface area contributed by atoms with Crippen molar-refractivity contribution in [3.05, 3.63) is 29.8 Å². The number of carbonyl (C=O) groups is 1. The molecule has 2 amide bonds. The minimum Gasteiger partial charge on any atom is -0.307 e. The van der Waals surface area contributed by atoms with Gasteiger partial charge in [-0.25, -0.2) is 9.80 Å². The number of nitrogens with zero attached hydrogens (tertiary/aromatic N) is 2. The zero-order chi connectivity index (χ0) is 15.5. The lowest BCUT2D eigenvalue weighted by atomic mass is 10.2. The topological polar surface area (TPSA) is 47.6 Å².